The average Bonchev–Trinajstić information content (AvgIpc) is 2.70. The molecule has 102 valence electrons. The van der Waals surface area contributed by atoms with E-state index in [1.807, 2.05) is 24.3 Å². The van der Waals surface area contributed by atoms with Crippen LogP contribution in [0.2, 0.25) is 0 Å². The van der Waals surface area contributed by atoms with Crippen LogP contribution >= 0.6 is 0 Å². The zero-order chi connectivity index (χ0) is 13.1. The predicted molar refractivity (Wildman–Crippen MR) is 75.3 cm³/mol. The van der Waals surface area contributed by atoms with Crippen molar-refractivity contribution < 1.29 is 9.53 Å². The van der Waals surface area contributed by atoms with Gasteiger partial charge in [0.05, 0.1) is 0 Å². The van der Waals surface area contributed by atoms with Crippen LogP contribution in [-0.2, 0) is 9.53 Å². The van der Waals surface area contributed by atoms with E-state index in [0.29, 0.717) is 6.54 Å². The van der Waals surface area contributed by atoms with Crippen molar-refractivity contribution in [1.29, 1.82) is 0 Å². The zero-order valence-electron chi connectivity index (χ0n) is 11.2. The van der Waals surface area contributed by atoms with E-state index in [1.165, 1.54) is 25.7 Å². The highest BCUT2D eigenvalue weighted by Gasteiger charge is 2.31. The van der Waals surface area contributed by atoms with E-state index < -0.39 is 0 Å². The van der Waals surface area contributed by atoms with Gasteiger partial charge in [-0.1, -0.05) is 31.0 Å². The van der Waals surface area contributed by atoms with Crippen molar-refractivity contribution in [1.82, 2.24) is 0 Å². The number of carbonyl (C=O) groups is 1. The molecule has 0 amide bonds. The molecule has 1 aromatic rings. The van der Waals surface area contributed by atoms with Crippen LogP contribution in [0.15, 0.2) is 24.3 Å². The molecule has 1 unspecified atom stereocenters. The quantitative estimate of drug-likeness (QED) is 0.653. The summed E-state index contributed by atoms with van der Waals surface area (Å²) in [5, 5.41) is 3.28. The normalized spacial score (nSPS) is 23.3. The predicted octanol–water partition coefficient (Wildman–Crippen LogP) is 3.46. The molecule has 1 aliphatic heterocycles. The van der Waals surface area contributed by atoms with Gasteiger partial charge in [0.15, 0.2) is 0 Å². The number of para-hydroxylation sites is 1. The van der Waals surface area contributed by atoms with Crippen LogP contribution in [0.25, 0.3) is 0 Å². The molecule has 0 bridgehead atoms. The topological polar surface area (TPSA) is 38.3 Å². The molecular weight excluding hydrogens is 238 g/mol. The first-order chi connectivity index (χ1) is 9.34. The zero-order valence-corrected chi connectivity index (χ0v) is 11.2. The van der Waals surface area contributed by atoms with E-state index >= 15 is 0 Å². The lowest BCUT2D eigenvalue weighted by molar-refractivity contribution is -0.151. The number of benzene rings is 1. The lowest BCUT2D eigenvalue weighted by Crippen LogP contribution is -2.24. The molecule has 2 aliphatic rings. The number of carbonyl (C=O) groups excluding carboxylic acids is 1. The Kier molecular flexibility index (Phi) is 3.72. The molecule has 1 N–H and O–H groups in total. The lowest BCUT2D eigenvalue weighted by Gasteiger charge is -2.18. The maximum atomic E-state index is 12.3. The van der Waals surface area contributed by atoms with Gasteiger partial charge < -0.3 is 10.1 Å². The second-order valence-corrected chi connectivity index (χ2v) is 5.57. The molecule has 0 aromatic heterocycles. The molecule has 1 fully saturated rings. The Bertz CT molecular complexity index is 450. The number of esters is 1. The van der Waals surface area contributed by atoms with Gasteiger partial charge in [-0.25, -0.2) is 0 Å². The van der Waals surface area contributed by atoms with Gasteiger partial charge in [-0.05, 0) is 37.3 Å². The van der Waals surface area contributed by atoms with Gasteiger partial charge in [0.1, 0.15) is 12.0 Å². The van der Waals surface area contributed by atoms with Gasteiger partial charge in [0.2, 0.25) is 0 Å². The summed E-state index contributed by atoms with van der Waals surface area (Å²) in [6.07, 6.45) is 7.16. The molecule has 3 nitrogen and oxygen atoms in total. The lowest BCUT2D eigenvalue weighted by atomic mass is 10.0. The van der Waals surface area contributed by atoms with Crippen molar-refractivity contribution >= 4 is 11.7 Å². The molecular formula is C16H21NO2. The van der Waals surface area contributed by atoms with Crippen LogP contribution in [0.1, 0.15) is 50.0 Å². The smallest absolute Gasteiger partial charge is 0.315 e. The van der Waals surface area contributed by atoms with E-state index in [-0.39, 0.29) is 18.0 Å². The van der Waals surface area contributed by atoms with Crippen LogP contribution in [0.4, 0.5) is 5.69 Å². The number of hydrogen-bond acceptors (Lipinski definition) is 3. The number of fused-ring (bicyclic) bond motifs is 1. The summed E-state index contributed by atoms with van der Waals surface area (Å²) >= 11 is 0. The second-order valence-electron chi connectivity index (χ2n) is 5.57. The van der Waals surface area contributed by atoms with E-state index in [4.69, 9.17) is 4.74 Å². The third-order valence-electron chi connectivity index (χ3n) is 4.20. The Hall–Kier alpha value is -1.51. The Morgan fingerprint density at radius 1 is 1.11 bits per heavy atom. The SMILES string of the molecule is O=C(OC1CCCCCC1)C1CNc2ccccc21. The van der Waals surface area contributed by atoms with Crippen LogP contribution in [0.3, 0.4) is 0 Å². The van der Waals surface area contributed by atoms with Crippen molar-refractivity contribution in [2.24, 2.45) is 0 Å². The third-order valence-corrected chi connectivity index (χ3v) is 4.20. The summed E-state index contributed by atoms with van der Waals surface area (Å²) in [5.41, 5.74) is 2.16. The molecule has 3 rings (SSSR count). The minimum absolute atomic E-state index is 0.0515. The molecule has 1 atom stereocenters. The fourth-order valence-corrected chi connectivity index (χ4v) is 3.10. The first-order valence-corrected chi connectivity index (χ1v) is 7.38. The highest BCUT2D eigenvalue weighted by Crippen LogP contribution is 2.32. The standard InChI is InChI=1S/C16H21NO2/c18-16(19-12-7-3-1-2-4-8-12)14-11-17-15-10-6-5-9-13(14)15/h5-6,9-10,12,14,17H,1-4,7-8,11H2. The summed E-state index contributed by atoms with van der Waals surface area (Å²) in [4.78, 5) is 12.3. The van der Waals surface area contributed by atoms with E-state index in [9.17, 15) is 4.79 Å². The number of nitrogens with one attached hydrogen (secondary N) is 1. The number of rotatable bonds is 2. The van der Waals surface area contributed by atoms with Crippen molar-refractivity contribution in [2.45, 2.75) is 50.5 Å². The van der Waals surface area contributed by atoms with Gasteiger partial charge in [0.25, 0.3) is 0 Å². The minimum Gasteiger partial charge on any atom is -0.462 e. The fraction of sp³-hybridized carbons (Fsp3) is 0.562. The van der Waals surface area contributed by atoms with E-state index in [2.05, 4.69) is 5.32 Å². The van der Waals surface area contributed by atoms with Crippen LogP contribution in [0.5, 0.6) is 0 Å². The Labute approximate surface area is 114 Å². The summed E-state index contributed by atoms with van der Waals surface area (Å²) in [6, 6.07) is 8.02. The van der Waals surface area contributed by atoms with Gasteiger partial charge >= 0.3 is 5.97 Å². The molecule has 1 saturated carbocycles. The summed E-state index contributed by atoms with van der Waals surface area (Å²) in [5.74, 6) is -0.177. The molecule has 0 spiro atoms. The molecule has 19 heavy (non-hydrogen) atoms. The van der Waals surface area contributed by atoms with Gasteiger partial charge in [0, 0.05) is 12.2 Å². The maximum Gasteiger partial charge on any atom is 0.315 e. The fourth-order valence-electron chi connectivity index (χ4n) is 3.10. The van der Waals surface area contributed by atoms with Crippen molar-refractivity contribution in [2.75, 3.05) is 11.9 Å². The Morgan fingerprint density at radius 3 is 2.63 bits per heavy atom. The van der Waals surface area contributed by atoms with Gasteiger partial charge in [-0.15, -0.1) is 0 Å². The van der Waals surface area contributed by atoms with Crippen molar-refractivity contribution in [3.8, 4) is 0 Å². The van der Waals surface area contributed by atoms with Gasteiger partial charge in [-0.3, -0.25) is 4.79 Å². The van der Waals surface area contributed by atoms with Crippen LogP contribution in [0, 0.1) is 0 Å². The Morgan fingerprint density at radius 2 is 1.84 bits per heavy atom. The maximum absolute atomic E-state index is 12.3. The first kappa shape index (κ1) is 12.5. The number of ether oxygens (including phenoxy) is 1. The number of anilines is 1. The van der Waals surface area contributed by atoms with Gasteiger partial charge in [-0.2, -0.15) is 0 Å². The van der Waals surface area contributed by atoms with E-state index in [1.54, 1.807) is 0 Å². The van der Waals surface area contributed by atoms with Crippen molar-refractivity contribution in [3.63, 3.8) is 0 Å². The molecule has 0 radical (unpaired) electrons. The molecule has 1 aliphatic carbocycles. The largest absolute Gasteiger partial charge is 0.462 e. The highest BCUT2D eigenvalue weighted by atomic mass is 16.5. The third kappa shape index (κ3) is 2.75. The summed E-state index contributed by atoms with van der Waals surface area (Å²) < 4.78 is 5.73. The Balaban J connectivity index is 1.65. The summed E-state index contributed by atoms with van der Waals surface area (Å²) in [6.45, 7) is 0.672. The number of hydrogen-bond donors (Lipinski definition) is 1. The molecule has 0 saturated heterocycles. The molecule has 1 aromatic carbocycles. The van der Waals surface area contributed by atoms with Crippen LogP contribution in [-0.4, -0.2) is 18.6 Å². The average molecular weight is 259 g/mol. The first-order valence-electron chi connectivity index (χ1n) is 7.38. The molecule has 3 heteroatoms. The van der Waals surface area contributed by atoms with Crippen molar-refractivity contribution in [3.05, 3.63) is 29.8 Å². The van der Waals surface area contributed by atoms with E-state index in [0.717, 1.165) is 24.1 Å². The monoisotopic (exact) mass is 259 g/mol. The van der Waals surface area contributed by atoms with Crippen LogP contribution < -0.4 is 5.32 Å². The highest BCUT2D eigenvalue weighted by molar-refractivity contribution is 5.84. The second kappa shape index (κ2) is 5.64. The minimum atomic E-state index is -0.126. The molecule has 1 heterocycles. The summed E-state index contributed by atoms with van der Waals surface area (Å²) in [7, 11) is 0.